The zero-order chi connectivity index (χ0) is 26.0. The van der Waals surface area contributed by atoms with Gasteiger partial charge >= 0.3 is 11.9 Å². The van der Waals surface area contributed by atoms with Crippen LogP contribution in [0.15, 0.2) is 82.4 Å². The van der Waals surface area contributed by atoms with E-state index in [1.165, 1.54) is 23.6 Å². The molecule has 1 aromatic heterocycles. The minimum Gasteiger partial charge on any atom is -0.350 e. The first-order chi connectivity index (χ1) is 17.1. The van der Waals surface area contributed by atoms with Crippen LogP contribution >= 0.6 is 0 Å². The Hall–Kier alpha value is -4.14. The fourth-order valence-corrected chi connectivity index (χ4v) is 4.09. The van der Waals surface area contributed by atoms with Gasteiger partial charge in [0.2, 0.25) is 5.91 Å². The van der Waals surface area contributed by atoms with Crippen molar-refractivity contribution in [2.24, 2.45) is 0 Å². The highest BCUT2D eigenvalue weighted by Crippen LogP contribution is 2.29. The lowest BCUT2D eigenvalue weighted by Crippen LogP contribution is -2.44. The maximum absolute atomic E-state index is 13.5. The van der Waals surface area contributed by atoms with Gasteiger partial charge in [0, 0.05) is 6.54 Å². The molecule has 0 spiro atoms. The van der Waals surface area contributed by atoms with E-state index in [-0.39, 0.29) is 18.7 Å². The molecule has 1 N–H and O–H groups in total. The Bertz CT molecular complexity index is 1540. The van der Waals surface area contributed by atoms with Gasteiger partial charge in [0.25, 0.3) is 5.56 Å². The third-order valence-corrected chi connectivity index (χ3v) is 6.00. The van der Waals surface area contributed by atoms with Crippen molar-refractivity contribution in [1.82, 2.24) is 14.5 Å². The number of aryl methyl sites for hydroxylation is 1. The molecule has 0 unspecified atom stereocenters. The minimum absolute atomic E-state index is 0.0287. The topological polar surface area (TPSA) is 73.1 Å². The van der Waals surface area contributed by atoms with E-state index >= 15 is 0 Å². The van der Waals surface area contributed by atoms with Crippen molar-refractivity contribution >= 4 is 16.8 Å². The summed E-state index contributed by atoms with van der Waals surface area (Å²) in [6.45, 7) is 3.21. The predicted octanol–water partition coefficient (Wildman–Crippen LogP) is 4.42. The molecule has 1 heterocycles. The average molecular weight is 496 g/mol. The number of alkyl halides is 3. The summed E-state index contributed by atoms with van der Waals surface area (Å²) in [5.41, 5.74) is 0.216. The van der Waals surface area contributed by atoms with Crippen LogP contribution in [0, 0.1) is 6.92 Å². The van der Waals surface area contributed by atoms with Crippen LogP contribution in [0.2, 0.25) is 0 Å². The minimum atomic E-state index is -4.50. The summed E-state index contributed by atoms with van der Waals surface area (Å²) < 4.78 is 41.4. The highest BCUT2D eigenvalue weighted by atomic mass is 19.4. The van der Waals surface area contributed by atoms with Gasteiger partial charge in [-0.15, -0.1) is 0 Å². The summed E-state index contributed by atoms with van der Waals surface area (Å²) in [7, 11) is 0. The van der Waals surface area contributed by atoms with Gasteiger partial charge in [-0.05, 0) is 49.2 Å². The van der Waals surface area contributed by atoms with Gasteiger partial charge in [-0.1, -0.05) is 54.1 Å². The molecule has 4 aromatic rings. The van der Waals surface area contributed by atoms with Crippen LogP contribution in [0.25, 0.3) is 10.9 Å². The van der Waals surface area contributed by atoms with Gasteiger partial charge < -0.3 is 5.32 Å². The summed E-state index contributed by atoms with van der Waals surface area (Å²) in [6.07, 6.45) is -4.50. The second kappa shape index (κ2) is 9.85. The van der Waals surface area contributed by atoms with Crippen LogP contribution < -0.4 is 16.6 Å². The molecule has 0 fully saturated rings. The number of nitrogens with zero attached hydrogens (tertiary/aromatic N) is 2. The van der Waals surface area contributed by atoms with Crippen molar-refractivity contribution in [3.05, 3.63) is 116 Å². The Balaban J connectivity index is 1.70. The molecule has 1 atom stereocenters. The molecule has 3 aromatic carbocycles. The van der Waals surface area contributed by atoms with Gasteiger partial charge in [0.15, 0.2) is 0 Å². The van der Waals surface area contributed by atoms with Crippen LogP contribution in [-0.4, -0.2) is 15.0 Å². The largest absolute Gasteiger partial charge is 0.416 e. The molecular formula is C27H24F3N3O3. The lowest BCUT2D eigenvalue weighted by atomic mass is 10.1. The van der Waals surface area contributed by atoms with E-state index < -0.39 is 34.9 Å². The summed E-state index contributed by atoms with van der Waals surface area (Å²) >= 11 is 0. The number of nitrogens with one attached hydrogen (secondary N) is 1. The van der Waals surface area contributed by atoms with Gasteiger partial charge in [0.05, 0.1) is 23.0 Å². The van der Waals surface area contributed by atoms with E-state index in [1.807, 2.05) is 13.0 Å². The summed E-state index contributed by atoms with van der Waals surface area (Å²) in [5.74, 6) is -0.568. The number of carbonyl (C=O) groups is 1. The Kier molecular flexibility index (Phi) is 6.83. The number of amides is 1. The number of fused-ring (bicyclic) bond motifs is 1. The lowest BCUT2D eigenvalue weighted by molar-refractivity contribution is -0.137. The third-order valence-electron chi connectivity index (χ3n) is 6.00. The molecular weight excluding hydrogens is 471 g/mol. The van der Waals surface area contributed by atoms with Crippen LogP contribution in [0.1, 0.15) is 35.2 Å². The van der Waals surface area contributed by atoms with Crippen molar-refractivity contribution in [2.45, 2.75) is 39.2 Å². The molecule has 0 aliphatic carbocycles. The van der Waals surface area contributed by atoms with Crippen molar-refractivity contribution in [1.29, 1.82) is 0 Å². The van der Waals surface area contributed by atoms with Crippen molar-refractivity contribution < 1.29 is 18.0 Å². The van der Waals surface area contributed by atoms with Gasteiger partial charge in [0.1, 0.15) is 6.04 Å². The van der Waals surface area contributed by atoms with Gasteiger partial charge in [-0.3, -0.25) is 18.7 Å². The van der Waals surface area contributed by atoms with Crippen LogP contribution in [0.4, 0.5) is 13.2 Å². The number of benzene rings is 3. The Labute approximate surface area is 204 Å². The first kappa shape index (κ1) is 25.0. The summed E-state index contributed by atoms with van der Waals surface area (Å²) in [5, 5.41) is 2.90. The number of aromatic nitrogens is 2. The second-order valence-corrected chi connectivity index (χ2v) is 8.64. The monoisotopic (exact) mass is 495 g/mol. The number of halogens is 3. The van der Waals surface area contributed by atoms with Crippen LogP contribution in [0.5, 0.6) is 0 Å². The Morgan fingerprint density at radius 3 is 2.33 bits per heavy atom. The normalized spacial score (nSPS) is 12.5. The molecule has 0 saturated heterocycles. The molecule has 36 heavy (non-hydrogen) atoms. The number of hydrogen-bond donors (Lipinski definition) is 1. The predicted molar refractivity (Wildman–Crippen MR) is 131 cm³/mol. The van der Waals surface area contributed by atoms with Crippen molar-refractivity contribution in [3.63, 3.8) is 0 Å². The maximum atomic E-state index is 13.5. The van der Waals surface area contributed by atoms with E-state index in [2.05, 4.69) is 5.32 Å². The molecule has 1 amide bonds. The third kappa shape index (κ3) is 5.10. The SMILES string of the molecule is Cc1ccc2c(c1)c(=O)n(Cc1ccccc1)c(=O)n2[C@@H](C)C(=O)NCc1cccc(C(F)(F)F)c1. The average Bonchev–Trinajstić information content (AvgIpc) is 2.85. The number of carbonyl (C=O) groups excluding carboxylic acids is 1. The number of rotatable bonds is 6. The first-order valence-corrected chi connectivity index (χ1v) is 11.3. The standard InChI is InChI=1S/C27H24F3N3O3/c1-17-11-12-23-22(13-17)25(35)32(16-19-7-4-3-5-8-19)26(36)33(23)18(2)24(34)31-15-20-9-6-10-21(14-20)27(28,29)30/h3-14,18H,15-16H2,1-2H3,(H,31,34)/t18-/m0/s1. The van der Waals surface area contributed by atoms with E-state index in [0.717, 1.165) is 27.8 Å². The zero-order valence-corrected chi connectivity index (χ0v) is 19.7. The molecule has 4 rings (SSSR count). The van der Waals surface area contributed by atoms with Crippen molar-refractivity contribution in [3.8, 4) is 0 Å². The molecule has 186 valence electrons. The van der Waals surface area contributed by atoms with Crippen LogP contribution in [0.3, 0.4) is 0 Å². The summed E-state index contributed by atoms with van der Waals surface area (Å²) in [4.78, 5) is 39.8. The highest BCUT2D eigenvalue weighted by molar-refractivity contribution is 5.84. The van der Waals surface area contributed by atoms with E-state index in [9.17, 15) is 27.6 Å². The van der Waals surface area contributed by atoms with E-state index in [1.54, 1.807) is 42.5 Å². The fourth-order valence-electron chi connectivity index (χ4n) is 4.09. The smallest absolute Gasteiger partial charge is 0.350 e. The molecule has 9 heteroatoms. The summed E-state index contributed by atoms with van der Waals surface area (Å²) in [6, 6.07) is 17.7. The Morgan fingerprint density at radius 2 is 1.64 bits per heavy atom. The molecule has 0 bridgehead atoms. The molecule has 0 aliphatic heterocycles. The van der Waals surface area contributed by atoms with E-state index in [0.29, 0.717) is 10.9 Å². The van der Waals surface area contributed by atoms with Gasteiger partial charge in [-0.2, -0.15) is 13.2 Å². The Morgan fingerprint density at radius 1 is 0.944 bits per heavy atom. The quantitative estimate of drug-likeness (QED) is 0.431. The fraction of sp³-hybridized carbons (Fsp3) is 0.222. The molecule has 6 nitrogen and oxygen atoms in total. The van der Waals surface area contributed by atoms with E-state index in [4.69, 9.17) is 0 Å². The van der Waals surface area contributed by atoms with Crippen LogP contribution in [-0.2, 0) is 24.1 Å². The molecule has 0 radical (unpaired) electrons. The first-order valence-electron chi connectivity index (χ1n) is 11.3. The zero-order valence-electron chi connectivity index (χ0n) is 19.7. The molecule has 0 saturated carbocycles. The van der Waals surface area contributed by atoms with Crippen molar-refractivity contribution in [2.75, 3.05) is 0 Å². The maximum Gasteiger partial charge on any atom is 0.416 e. The van der Waals surface area contributed by atoms with Gasteiger partial charge in [-0.25, -0.2) is 4.79 Å². The lowest BCUT2D eigenvalue weighted by Gasteiger charge is -2.20. The second-order valence-electron chi connectivity index (χ2n) is 8.64. The molecule has 0 aliphatic rings. The highest BCUT2D eigenvalue weighted by Gasteiger charge is 2.30. The number of hydrogen-bond acceptors (Lipinski definition) is 3.